The Bertz CT molecular complexity index is 705. The van der Waals surface area contributed by atoms with E-state index in [4.69, 9.17) is 9.63 Å². The van der Waals surface area contributed by atoms with Crippen LogP contribution < -0.4 is 6.15 Å². The minimum atomic E-state index is -1.11. The minimum absolute atomic E-state index is 0. The highest BCUT2D eigenvalue weighted by Gasteiger charge is 2.16. The summed E-state index contributed by atoms with van der Waals surface area (Å²) >= 11 is 0. The van der Waals surface area contributed by atoms with Crippen molar-refractivity contribution in [1.82, 2.24) is 16.3 Å². The van der Waals surface area contributed by atoms with Gasteiger partial charge in [0.15, 0.2) is 0 Å². The molecule has 2 aromatic heterocycles. The van der Waals surface area contributed by atoms with Gasteiger partial charge in [0.2, 0.25) is 0 Å². The van der Waals surface area contributed by atoms with E-state index >= 15 is 0 Å². The molecule has 3 rings (SSSR count). The molecule has 17 heavy (non-hydrogen) atoms. The van der Waals surface area contributed by atoms with Crippen molar-refractivity contribution >= 4 is 27.6 Å². The van der Waals surface area contributed by atoms with E-state index in [0.29, 0.717) is 10.9 Å². The Kier molecular flexibility index (Phi) is 2.49. The zero-order chi connectivity index (χ0) is 11.1. The van der Waals surface area contributed by atoms with Crippen LogP contribution in [0, 0.1) is 0 Å². The predicted octanol–water partition coefficient (Wildman–Crippen LogP) is 2.24. The first kappa shape index (κ1) is 11.0. The molecule has 86 valence electrons. The summed E-state index contributed by atoms with van der Waals surface area (Å²) in [6, 6.07) is 5.26. The highest BCUT2D eigenvalue weighted by molar-refractivity contribution is 6.10. The third-order valence-electron chi connectivity index (χ3n) is 2.46. The molecule has 0 aliphatic rings. The van der Waals surface area contributed by atoms with Gasteiger partial charge in [0.05, 0.1) is 5.39 Å². The van der Waals surface area contributed by atoms with Gasteiger partial charge in [-0.2, -0.15) is 0 Å². The molecule has 0 saturated heterocycles. The summed E-state index contributed by atoms with van der Waals surface area (Å²) in [4.78, 5) is 14.9. The smallest absolute Gasteiger partial charge is 0.375 e. The molecule has 0 saturated carbocycles. The Morgan fingerprint density at radius 3 is 2.82 bits per heavy atom. The Labute approximate surface area is 95.4 Å². The average molecular weight is 231 g/mol. The number of rotatable bonds is 1. The Balaban J connectivity index is 0.00000108. The van der Waals surface area contributed by atoms with Crippen molar-refractivity contribution in [3.05, 3.63) is 36.4 Å². The molecule has 0 unspecified atom stereocenters. The molecule has 1 aromatic carbocycles. The lowest BCUT2D eigenvalue weighted by Gasteiger charge is -1.95. The van der Waals surface area contributed by atoms with Crippen LogP contribution in [0.3, 0.4) is 0 Å². The molecule has 6 nitrogen and oxygen atoms in total. The maximum atomic E-state index is 10.9. The molecule has 0 radical (unpaired) electrons. The second-order valence-electron chi connectivity index (χ2n) is 3.38. The number of hydrogen-bond donors (Lipinski definition) is 2. The van der Waals surface area contributed by atoms with E-state index in [9.17, 15) is 4.79 Å². The van der Waals surface area contributed by atoms with Crippen LogP contribution in [-0.2, 0) is 0 Å². The summed E-state index contributed by atoms with van der Waals surface area (Å²) in [6.45, 7) is 0. The third-order valence-corrected chi connectivity index (χ3v) is 2.46. The van der Waals surface area contributed by atoms with E-state index in [0.717, 1.165) is 10.8 Å². The number of aromatic carboxylic acids is 1. The molecule has 0 aliphatic heterocycles. The first-order valence-electron chi connectivity index (χ1n) is 4.63. The number of nitrogens with zero attached hydrogens (tertiary/aromatic N) is 2. The summed E-state index contributed by atoms with van der Waals surface area (Å²) in [5.41, 5.74) is 0.553. The van der Waals surface area contributed by atoms with Gasteiger partial charge in [0.25, 0.3) is 5.76 Å². The Morgan fingerprint density at radius 1 is 1.24 bits per heavy atom. The summed E-state index contributed by atoms with van der Waals surface area (Å²) in [5.74, 6) is -1.25. The van der Waals surface area contributed by atoms with Crippen LogP contribution in [0.1, 0.15) is 10.6 Å². The summed E-state index contributed by atoms with van der Waals surface area (Å²) in [7, 11) is 0. The zero-order valence-electron chi connectivity index (χ0n) is 8.75. The Morgan fingerprint density at radius 2 is 2.06 bits per heavy atom. The van der Waals surface area contributed by atoms with Gasteiger partial charge in [0, 0.05) is 23.2 Å². The van der Waals surface area contributed by atoms with E-state index < -0.39 is 5.97 Å². The highest BCUT2D eigenvalue weighted by Crippen LogP contribution is 2.26. The van der Waals surface area contributed by atoms with Crippen LogP contribution in [0.2, 0.25) is 0 Å². The van der Waals surface area contributed by atoms with Crippen LogP contribution in [0.5, 0.6) is 0 Å². The van der Waals surface area contributed by atoms with Gasteiger partial charge in [-0.1, -0.05) is 11.2 Å². The van der Waals surface area contributed by atoms with E-state index in [1.54, 1.807) is 30.6 Å². The number of benzene rings is 1. The highest BCUT2D eigenvalue weighted by atomic mass is 16.5. The topological polar surface area (TPSA) is 111 Å². The van der Waals surface area contributed by atoms with E-state index in [2.05, 4.69) is 10.1 Å². The molecule has 0 aliphatic carbocycles. The largest absolute Gasteiger partial charge is 0.475 e. The fourth-order valence-electron chi connectivity index (χ4n) is 1.73. The van der Waals surface area contributed by atoms with Crippen molar-refractivity contribution in [2.24, 2.45) is 0 Å². The SMILES string of the molecule is N.O=C(O)c1onc2c1ccc1cnccc12. The van der Waals surface area contributed by atoms with Crippen molar-refractivity contribution in [2.75, 3.05) is 0 Å². The molecule has 2 heterocycles. The molecule has 4 N–H and O–H groups in total. The monoisotopic (exact) mass is 231 g/mol. The predicted molar refractivity (Wildman–Crippen MR) is 61.3 cm³/mol. The fourth-order valence-corrected chi connectivity index (χ4v) is 1.73. The molecule has 3 aromatic rings. The van der Waals surface area contributed by atoms with E-state index in [1.165, 1.54) is 0 Å². The van der Waals surface area contributed by atoms with Crippen LogP contribution in [0.4, 0.5) is 0 Å². The first-order valence-corrected chi connectivity index (χ1v) is 4.63. The number of carbonyl (C=O) groups is 1. The van der Waals surface area contributed by atoms with E-state index in [-0.39, 0.29) is 11.9 Å². The normalized spacial score (nSPS) is 10.4. The first-order chi connectivity index (χ1) is 7.77. The lowest BCUT2D eigenvalue weighted by atomic mass is 10.1. The van der Waals surface area contributed by atoms with Gasteiger partial charge in [-0.05, 0) is 12.1 Å². The number of pyridine rings is 1. The second-order valence-corrected chi connectivity index (χ2v) is 3.38. The third kappa shape index (κ3) is 1.51. The van der Waals surface area contributed by atoms with Crippen molar-refractivity contribution in [3.63, 3.8) is 0 Å². The zero-order valence-corrected chi connectivity index (χ0v) is 8.75. The van der Waals surface area contributed by atoms with Gasteiger partial charge in [0.1, 0.15) is 5.52 Å². The van der Waals surface area contributed by atoms with Gasteiger partial charge in [-0.3, -0.25) is 4.98 Å². The minimum Gasteiger partial charge on any atom is -0.475 e. The fraction of sp³-hybridized carbons (Fsp3) is 0. The van der Waals surface area contributed by atoms with Crippen molar-refractivity contribution in [1.29, 1.82) is 0 Å². The number of hydrogen-bond acceptors (Lipinski definition) is 5. The number of aromatic nitrogens is 2. The molecule has 0 fully saturated rings. The van der Waals surface area contributed by atoms with Crippen LogP contribution in [0.25, 0.3) is 21.7 Å². The van der Waals surface area contributed by atoms with Crippen molar-refractivity contribution in [2.45, 2.75) is 0 Å². The summed E-state index contributed by atoms with van der Waals surface area (Å²) < 4.78 is 4.81. The van der Waals surface area contributed by atoms with Gasteiger partial charge < -0.3 is 15.8 Å². The molecule has 0 atom stereocenters. The standard InChI is InChI=1S/C11H6N2O3.H3N/c14-11(15)10-8-2-1-6-5-12-4-3-7(6)9(8)13-16-10;/h1-5H,(H,14,15);1H3. The summed E-state index contributed by atoms with van der Waals surface area (Å²) in [5, 5.41) is 14.9. The number of carboxylic acid groups (broad SMARTS) is 1. The summed E-state index contributed by atoms with van der Waals surface area (Å²) in [6.07, 6.45) is 3.33. The van der Waals surface area contributed by atoms with Gasteiger partial charge >= 0.3 is 5.97 Å². The lowest BCUT2D eigenvalue weighted by molar-refractivity contribution is 0.0655. The van der Waals surface area contributed by atoms with Gasteiger partial charge in [-0.15, -0.1) is 0 Å². The molecular weight excluding hydrogens is 222 g/mol. The van der Waals surface area contributed by atoms with Crippen LogP contribution in [-0.4, -0.2) is 21.2 Å². The number of fused-ring (bicyclic) bond motifs is 3. The van der Waals surface area contributed by atoms with Crippen LogP contribution in [0.15, 0.2) is 35.1 Å². The Hall–Kier alpha value is -2.47. The number of carboxylic acids is 1. The van der Waals surface area contributed by atoms with Gasteiger partial charge in [-0.25, -0.2) is 4.79 Å². The van der Waals surface area contributed by atoms with Crippen molar-refractivity contribution in [3.8, 4) is 0 Å². The molecule has 6 heteroatoms. The molecule has 0 amide bonds. The van der Waals surface area contributed by atoms with Crippen molar-refractivity contribution < 1.29 is 14.4 Å². The van der Waals surface area contributed by atoms with E-state index in [1.807, 2.05) is 0 Å². The lowest BCUT2D eigenvalue weighted by Crippen LogP contribution is -1.93. The molecular formula is C11H9N3O3. The average Bonchev–Trinajstić information content (AvgIpc) is 2.73. The second kappa shape index (κ2) is 3.84. The molecule has 0 bridgehead atoms. The quantitative estimate of drug-likeness (QED) is 0.664. The maximum absolute atomic E-state index is 10.9. The maximum Gasteiger partial charge on any atom is 0.375 e. The molecule has 0 spiro atoms. The van der Waals surface area contributed by atoms with Crippen LogP contribution >= 0.6 is 0 Å².